The van der Waals surface area contributed by atoms with E-state index < -0.39 is 11.7 Å². The van der Waals surface area contributed by atoms with Gasteiger partial charge < -0.3 is 9.80 Å². The molecule has 1 saturated carbocycles. The van der Waals surface area contributed by atoms with Gasteiger partial charge >= 0.3 is 6.18 Å². The number of halogens is 3. The summed E-state index contributed by atoms with van der Waals surface area (Å²) in [7, 11) is 0. The Bertz CT molecular complexity index is 720. The number of amides is 2. The third kappa shape index (κ3) is 4.70. The van der Waals surface area contributed by atoms with Crippen LogP contribution in [-0.4, -0.2) is 36.3 Å². The van der Waals surface area contributed by atoms with Crippen LogP contribution in [0.1, 0.15) is 31.2 Å². The van der Waals surface area contributed by atoms with Gasteiger partial charge in [0.1, 0.15) is 0 Å². The highest BCUT2D eigenvalue weighted by molar-refractivity contribution is 5.95. The Morgan fingerprint density at radius 3 is 2.41 bits per heavy atom. The van der Waals surface area contributed by atoms with E-state index in [1.807, 2.05) is 0 Å². The van der Waals surface area contributed by atoms with Gasteiger partial charge in [0.15, 0.2) is 0 Å². The van der Waals surface area contributed by atoms with Crippen molar-refractivity contribution in [1.29, 1.82) is 0 Å². The van der Waals surface area contributed by atoms with Gasteiger partial charge in [0.2, 0.25) is 11.8 Å². The number of hydrogen-bond acceptors (Lipinski definition) is 2. The Kier molecular flexibility index (Phi) is 5.58. The zero-order valence-corrected chi connectivity index (χ0v) is 15.0. The largest absolute Gasteiger partial charge is 0.416 e. The maximum Gasteiger partial charge on any atom is 0.416 e. The Labute approximate surface area is 156 Å². The summed E-state index contributed by atoms with van der Waals surface area (Å²) in [6.45, 7) is 4.84. The van der Waals surface area contributed by atoms with E-state index in [2.05, 4.69) is 6.58 Å². The monoisotopic (exact) mass is 380 g/mol. The molecule has 0 unspecified atom stereocenters. The summed E-state index contributed by atoms with van der Waals surface area (Å²) < 4.78 is 39.2. The zero-order chi connectivity index (χ0) is 19.6. The number of benzene rings is 1. The molecule has 3 rings (SSSR count). The highest BCUT2D eigenvalue weighted by Crippen LogP contribution is 2.36. The van der Waals surface area contributed by atoms with Crippen molar-refractivity contribution in [3.05, 3.63) is 42.5 Å². The lowest BCUT2D eigenvalue weighted by Crippen LogP contribution is -2.44. The van der Waals surface area contributed by atoms with Crippen molar-refractivity contribution >= 4 is 17.5 Å². The number of carbonyl (C=O) groups is 2. The fourth-order valence-corrected chi connectivity index (χ4v) is 3.43. The molecule has 27 heavy (non-hydrogen) atoms. The second-order valence-corrected chi connectivity index (χ2v) is 7.24. The number of likely N-dealkylation sites (tertiary alicyclic amines) is 1. The van der Waals surface area contributed by atoms with E-state index in [4.69, 9.17) is 0 Å². The van der Waals surface area contributed by atoms with Gasteiger partial charge in [-0.25, -0.2) is 0 Å². The van der Waals surface area contributed by atoms with Crippen LogP contribution in [0.15, 0.2) is 36.9 Å². The summed E-state index contributed by atoms with van der Waals surface area (Å²) in [6.07, 6.45) is -0.175. The fourth-order valence-electron chi connectivity index (χ4n) is 3.43. The molecular weight excluding hydrogens is 357 g/mol. The molecule has 1 heterocycles. The second-order valence-electron chi connectivity index (χ2n) is 7.24. The minimum absolute atomic E-state index is 0.146. The number of carbonyl (C=O) groups excluding carboxylic acids is 2. The SMILES string of the molecule is C=CC(=O)N1CCC(C(=O)N(CC2CC2)c2cccc(C(F)(F)F)c2)CC1. The van der Waals surface area contributed by atoms with Gasteiger partial charge in [-0.15, -0.1) is 0 Å². The molecule has 1 saturated heterocycles. The lowest BCUT2D eigenvalue weighted by Gasteiger charge is -2.34. The van der Waals surface area contributed by atoms with Crippen molar-refractivity contribution in [2.75, 3.05) is 24.5 Å². The predicted octanol–water partition coefficient (Wildman–Crippen LogP) is 3.87. The van der Waals surface area contributed by atoms with E-state index in [0.29, 0.717) is 44.1 Å². The zero-order valence-electron chi connectivity index (χ0n) is 15.0. The summed E-state index contributed by atoms with van der Waals surface area (Å²) in [5.41, 5.74) is -0.452. The summed E-state index contributed by atoms with van der Waals surface area (Å²) in [5, 5.41) is 0. The van der Waals surface area contributed by atoms with Gasteiger partial charge in [0.05, 0.1) is 5.56 Å². The quantitative estimate of drug-likeness (QED) is 0.728. The van der Waals surface area contributed by atoms with Crippen LogP contribution in [-0.2, 0) is 15.8 Å². The first-order valence-corrected chi connectivity index (χ1v) is 9.19. The van der Waals surface area contributed by atoms with Gasteiger partial charge in [-0.1, -0.05) is 12.6 Å². The molecule has 2 aliphatic rings. The van der Waals surface area contributed by atoms with Crippen LogP contribution in [0.25, 0.3) is 0 Å². The van der Waals surface area contributed by atoms with E-state index >= 15 is 0 Å². The highest BCUT2D eigenvalue weighted by Gasteiger charge is 2.35. The highest BCUT2D eigenvalue weighted by atomic mass is 19.4. The van der Waals surface area contributed by atoms with Crippen LogP contribution >= 0.6 is 0 Å². The molecule has 0 atom stereocenters. The third-order valence-corrected chi connectivity index (χ3v) is 5.22. The molecule has 0 radical (unpaired) electrons. The molecule has 2 amide bonds. The Balaban J connectivity index is 1.76. The van der Waals surface area contributed by atoms with Crippen molar-refractivity contribution in [3.63, 3.8) is 0 Å². The average molecular weight is 380 g/mol. The molecular formula is C20H23F3N2O2. The van der Waals surface area contributed by atoms with Gasteiger partial charge in [-0.2, -0.15) is 13.2 Å². The first kappa shape index (κ1) is 19.5. The topological polar surface area (TPSA) is 40.6 Å². The number of anilines is 1. The van der Waals surface area contributed by atoms with Crippen molar-refractivity contribution < 1.29 is 22.8 Å². The van der Waals surface area contributed by atoms with Crippen molar-refractivity contribution in [3.8, 4) is 0 Å². The van der Waals surface area contributed by atoms with Crippen LogP contribution in [0.5, 0.6) is 0 Å². The van der Waals surface area contributed by atoms with Gasteiger partial charge in [0, 0.05) is 31.2 Å². The molecule has 0 spiro atoms. The second kappa shape index (κ2) is 7.74. The van der Waals surface area contributed by atoms with Crippen molar-refractivity contribution in [2.24, 2.45) is 11.8 Å². The van der Waals surface area contributed by atoms with E-state index in [0.717, 1.165) is 25.0 Å². The lowest BCUT2D eigenvalue weighted by molar-refractivity contribution is -0.137. The third-order valence-electron chi connectivity index (χ3n) is 5.22. The number of rotatable bonds is 5. The average Bonchev–Trinajstić information content (AvgIpc) is 3.49. The van der Waals surface area contributed by atoms with Crippen LogP contribution in [0.3, 0.4) is 0 Å². The minimum atomic E-state index is -4.44. The van der Waals surface area contributed by atoms with Crippen LogP contribution in [0.4, 0.5) is 18.9 Å². The molecule has 4 nitrogen and oxygen atoms in total. The number of nitrogens with zero attached hydrogens (tertiary/aromatic N) is 2. The molecule has 1 aliphatic heterocycles. The van der Waals surface area contributed by atoms with Gasteiger partial charge in [-0.05, 0) is 55.9 Å². The van der Waals surface area contributed by atoms with Crippen molar-refractivity contribution in [2.45, 2.75) is 31.9 Å². The number of alkyl halides is 3. The normalized spacial score (nSPS) is 18.3. The standard InChI is InChI=1S/C20H23F3N2O2/c1-2-18(26)24-10-8-15(9-11-24)19(27)25(13-14-6-7-14)17-5-3-4-16(12-17)20(21,22)23/h2-5,12,14-15H,1,6-11,13H2. The molecule has 7 heteroatoms. The molecule has 2 fully saturated rings. The minimum Gasteiger partial charge on any atom is -0.339 e. The Morgan fingerprint density at radius 1 is 1.19 bits per heavy atom. The Morgan fingerprint density at radius 2 is 1.85 bits per heavy atom. The van der Waals surface area contributed by atoms with Crippen LogP contribution < -0.4 is 4.90 Å². The number of hydrogen-bond donors (Lipinski definition) is 0. The Hall–Kier alpha value is -2.31. The predicted molar refractivity (Wildman–Crippen MR) is 96.0 cm³/mol. The van der Waals surface area contributed by atoms with E-state index in [1.54, 1.807) is 11.0 Å². The fraction of sp³-hybridized carbons (Fsp3) is 0.500. The summed E-state index contributed by atoms with van der Waals surface area (Å²) in [4.78, 5) is 27.9. The molecule has 1 aliphatic carbocycles. The van der Waals surface area contributed by atoms with Gasteiger partial charge in [-0.3, -0.25) is 9.59 Å². The molecule has 146 valence electrons. The molecule has 0 bridgehead atoms. The molecule has 0 N–H and O–H groups in total. The summed E-state index contributed by atoms with van der Waals surface area (Å²) in [6, 6.07) is 4.97. The lowest BCUT2D eigenvalue weighted by atomic mass is 9.94. The maximum absolute atomic E-state index is 13.1. The van der Waals surface area contributed by atoms with E-state index in [1.165, 1.54) is 17.0 Å². The molecule has 0 aromatic heterocycles. The van der Waals surface area contributed by atoms with Crippen LogP contribution in [0, 0.1) is 11.8 Å². The van der Waals surface area contributed by atoms with E-state index in [-0.39, 0.29) is 17.7 Å². The first-order chi connectivity index (χ1) is 12.8. The maximum atomic E-state index is 13.1. The van der Waals surface area contributed by atoms with Crippen LogP contribution in [0.2, 0.25) is 0 Å². The molecule has 1 aromatic rings. The number of piperidine rings is 1. The summed E-state index contributed by atoms with van der Waals surface area (Å²) in [5.74, 6) is -0.237. The molecule has 1 aromatic carbocycles. The smallest absolute Gasteiger partial charge is 0.339 e. The van der Waals surface area contributed by atoms with Crippen molar-refractivity contribution in [1.82, 2.24) is 4.90 Å². The first-order valence-electron chi connectivity index (χ1n) is 9.19. The summed E-state index contributed by atoms with van der Waals surface area (Å²) >= 11 is 0. The van der Waals surface area contributed by atoms with E-state index in [9.17, 15) is 22.8 Å². The van der Waals surface area contributed by atoms with Gasteiger partial charge in [0.25, 0.3) is 0 Å².